The lowest BCUT2D eigenvalue weighted by atomic mass is 9.98. The van der Waals surface area contributed by atoms with Gasteiger partial charge in [0.2, 0.25) is 5.91 Å². The molecule has 0 fully saturated rings. The molecule has 8 nitrogen and oxygen atoms in total. The van der Waals surface area contributed by atoms with Gasteiger partial charge in [-0.25, -0.2) is 9.59 Å². The number of carbonyl (C=O) groups excluding carboxylic acids is 2. The molecule has 1 aliphatic carbocycles. The molecule has 0 radical (unpaired) electrons. The molecule has 0 saturated carbocycles. The Bertz CT molecular complexity index is 1030. The number of carboxylic acid groups (broad SMARTS) is 1. The standard InChI is InChI=1S/C27H34N2O6/c1-16(24(30)29-23(25(31)32)17(2)35-27(3,4)5)14-28-26(33)34-15-22-20-12-8-6-10-18(20)19-11-7-9-13-21(19)22/h6-13,16-17,22-23H,14-15H2,1-5H3,(H,28,33)(H,29,30)(H,31,32)/t16?,17-,23+/m1/s1. The molecule has 35 heavy (non-hydrogen) atoms. The number of fused-ring (bicyclic) bond motifs is 3. The van der Waals surface area contributed by atoms with Crippen molar-refractivity contribution in [3.8, 4) is 11.1 Å². The Morgan fingerprint density at radius 1 is 0.971 bits per heavy atom. The molecule has 2 aromatic rings. The highest BCUT2D eigenvalue weighted by Gasteiger charge is 2.32. The van der Waals surface area contributed by atoms with Gasteiger partial charge < -0.3 is 25.2 Å². The van der Waals surface area contributed by atoms with Crippen molar-refractivity contribution in [3.05, 3.63) is 59.7 Å². The summed E-state index contributed by atoms with van der Waals surface area (Å²) in [6.07, 6.45) is -1.37. The minimum atomic E-state index is -1.21. The Hall–Kier alpha value is -3.39. The number of hydrogen-bond donors (Lipinski definition) is 3. The zero-order valence-electron chi connectivity index (χ0n) is 20.8. The van der Waals surface area contributed by atoms with Crippen LogP contribution in [-0.2, 0) is 19.1 Å². The Balaban J connectivity index is 1.52. The van der Waals surface area contributed by atoms with E-state index in [4.69, 9.17) is 9.47 Å². The second-order valence-corrected chi connectivity index (χ2v) is 9.87. The highest BCUT2D eigenvalue weighted by molar-refractivity contribution is 5.85. The summed E-state index contributed by atoms with van der Waals surface area (Å²) in [4.78, 5) is 36.6. The van der Waals surface area contributed by atoms with E-state index in [0.29, 0.717) is 0 Å². The van der Waals surface area contributed by atoms with Gasteiger partial charge in [-0.15, -0.1) is 0 Å². The lowest BCUT2D eigenvalue weighted by Gasteiger charge is -2.29. The first-order chi connectivity index (χ1) is 16.5. The van der Waals surface area contributed by atoms with Gasteiger partial charge in [-0.1, -0.05) is 55.5 Å². The summed E-state index contributed by atoms with van der Waals surface area (Å²) in [7, 11) is 0. The van der Waals surface area contributed by atoms with Crippen LogP contribution in [0.5, 0.6) is 0 Å². The van der Waals surface area contributed by atoms with Crippen LogP contribution in [0.3, 0.4) is 0 Å². The third-order valence-corrected chi connectivity index (χ3v) is 5.92. The summed E-state index contributed by atoms with van der Waals surface area (Å²) >= 11 is 0. The molecular formula is C27H34N2O6. The van der Waals surface area contributed by atoms with Crippen molar-refractivity contribution >= 4 is 18.0 Å². The molecule has 0 bridgehead atoms. The van der Waals surface area contributed by atoms with E-state index in [1.54, 1.807) is 13.8 Å². The molecule has 0 aromatic heterocycles. The molecule has 3 atom stereocenters. The maximum absolute atomic E-state index is 12.6. The minimum Gasteiger partial charge on any atom is -0.480 e. The quantitative estimate of drug-likeness (QED) is 0.499. The van der Waals surface area contributed by atoms with Gasteiger partial charge in [-0.2, -0.15) is 0 Å². The van der Waals surface area contributed by atoms with Crippen LogP contribution in [-0.4, -0.2) is 54.0 Å². The molecule has 0 spiro atoms. The smallest absolute Gasteiger partial charge is 0.407 e. The van der Waals surface area contributed by atoms with Gasteiger partial charge in [-0.05, 0) is 49.9 Å². The molecule has 8 heteroatoms. The summed E-state index contributed by atoms with van der Waals surface area (Å²) in [6, 6.07) is 14.9. The molecule has 1 unspecified atom stereocenters. The van der Waals surface area contributed by atoms with Crippen molar-refractivity contribution in [2.75, 3.05) is 13.2 Å². The second-order valence-electron chi connectivity index (χ2n) is 9.87. The van der Waals surface area contributed by atoms with Crippen LogP contribution in [0.2, 0.25) is 0 Å². The molecule has 3 rings (SSSR count). The number of ether oxygens (including phenoxy) is 2. The van der Waals surface area contributed by atoms with Crippen LogP contribution in [0.4, 0.5) is 4.79 Å². The van der Waals surface area contributed by atoms with Gasteiger partial charge in [0.05, 0.1) is 17.6 Å². The number of carbonyl (C=O) groups is 3. The number of amides is 2. The zero-order chi connectivity index (χ0) is 25.8. The summed E-state index contributed by atoms with van der Waals surface area (Å²) in [5.74, 6) is -2.42. The van der Waals surface area contributed by atoms with Crippen LogP contribution in [0.15, 0.2) is 48.5 Å². The molecule has 0 heterocycles. The maximum Gasteiger partial charge on any atom is 0.407 e. The molecule has 188 valence electrons. The number of hydrogen-bond acceptors (Lipinski definition) is 5. The van der Waals surface area contributed by atoms with Crippen molar-refractivity contribution in [1.29, 1.82) is 0 Å². The van der Waals surface area contributed by atoms with Crippen molar-refractivity contribution < 1.29 is 29.0 Å². The summed E-state index contributed by atoms with van der Waals surface area (Å²) in [6.45, 7) is 8.81. The number of rotatable bonds is 9. The fraction of sp³-hybridized carbons (Fsp3) is 0.444. The van der Waals surface area contributed by atoms with Crippen molar-refractivity contribution in [2.45, 2.75) is 58.3 Å². The van der Waals surface area contributed by atoms with E-state index in [-0.39, 0.29) is 19.1 Å². The van der Waals surface area contributed by atoms with Gasteiger partial charge in [-0.3, -0.25) is 4.79 Å². The lowest BCUT2D eigenvalue weighted by molar-refractivity contribution is -0.150. The van der Waals surface area contributed by atoms with Crippen molar-refractivity contribution in [1.82, 2.24) is 10.6 Å². The fourth-order valence-corrected chi connectivity index (χ4v) is 4.28. The molecule has 0 aliphatic heterocycles. The Kier molecular flexibility index (Phi) is 8.17. The molecular weight excluding hydrogens is 448 g/mol. The topological polar surface area (TPSA) is 114 Å². The number of benzene rings is 2. The van der Waals surface area contributed by atoms with E-state index >= 15 is 0 Å². The van der Waals surface area contributed by atoms with Gasteiger partial charge in [0.25, 0.3) is 0 Å². The van der Waals surface area contributed by atoms with E-state index in [2.05, 4.69) is 22.8 Å². The minimum absolute atomic E-state index is 0.00333. The molecule has 0 saturated heterocycles. The van der Waals surface area contributed by atoms with Crippen LogP contribution in [0, 0.1) is 5.92 Å². The average molecular weight is 483 g/mol. The Labute approximate surface area is 206 Å². The van der Waals surface area contributed by atoms with Gasteiger partial charge in [0.1, 0.15) is 6.61 Å². The van der Waals surface area contributed by atoms with Crippen molar-refractivity contribution in [3.63, 3.8) is 0 Å². The predicted octanol–water partition coefficient (Wildman–Crippen LogP) is 3.93. The molecule has 3 N–H and O–H groups in total. The van der Waals surface area contributed by atoms with E-state index in [0.717, 1.165) is 22.3 Å². The molecule has 2 aromatic carbocycles. The van der Waals surface area contributed by atoms with E-state index < -0.39 is 41.6 Å². The number of aliphatic carboxylic acids is 1. The first kappa shape index (κ1) is 26.2. The van der Waals surface area contributed by atoms with Gasteiger partial charge in [0, 0.05) is 12.5 Å². The number of nitrogens with one attached hydrogen (secondary N) is 2. The Morgan fingerprint density at radius 3 is 2.03 bits per heavy atom. The average Bonchev–Trinajstić information content (AvgIpc) is 3.11. The van der Waals surface area contributed by atoms with Crippen LogP contribution in [0.25, 0.3) is 11.1 Å². The molecule has 2 amide bonds. The van der Waals surface area contributed by atoms with Crippen LogP contribution >= 0.6 is 0 Å². The fourth-order valence-electron chi connectivity index (χ4n) is 4.28. The summed E-state index contributed by atoms with van der Waals surface area (Å²) < 4.78 is 11.2. The predicted molar refractivity (Wildman–Crippen MR) is 132 cm³/mol. The highest BCUT2D eigenvalue weighted by atomic mass is 16.5. The summed E-state index contributed by atoms with van der Waals surface area (Å²) in [5.41, 5.74) is 3.94. The summed E-state index contributed by atoms with van der Waals surface area (Å²) in [5, 5.41) is 14.6. The molecule has 1 aliphatic rings. The third kappa shape index (κ3) is 6.60. The number of alkyl carbamates (subject to hydrolysis) is 1. The van der Waals surface area contributed by atoms with E-state index in [1.807, 2.05) is 57.2 Å². The maximum atomic E-state index is 12.6. The zero-order valence-corrected chi connectivity index (χ0v) is 20.8. The SMILES string of the molecule is CC(CNC(=O)OCC1c2ccccc2-c2ccccc21)C(=O)N[C@H](C(=O)O)[C@@H](C)OC(C)(C)C. The highest BCUT2D eigenvalue weighted by Crippen LogP contribution is 2.44. The first-order valence-electron chi connectivity index (χ1n) is 11.8. The first-order valence-corrected chi connectivity index (χ1v) is 11.8. The normalized spacial score (nSPS) is 15.3. The van der Waals surface area contributed by atoms with E-state index in [9.17, 15) is 19.5 Å². The second kappa shape index (κ2) is 10.9. The van der Waals surface area contributed by atoms with E-state index in [1.165, 1.54) is 0 Å². The van der Waals surface area contributed by atoms with Crippen LogP contribution in [0.1, 0.15) is 51.7 Å². The third-order valence-electron chi connectivity index (χ3n) is 5.92. The van der Waals surface area contributed by atoms with Crippen LogP contribution < -0.4 is 10.6 Å². The van der Waals surface area contributed by atoms with Gasteiger partial charge in [0.15, 0.2) is 6.04 Å². The Morgan fingerprint density at radius 2 is 1.51 bits per heavy atom. The number of carboxylic acids is 1. The lowest BCUT2D eigenvalue weighted by Crippen LogP contribution is -2.52. The monoisotopic (exact) mass is 482 g/mol. The van der Waals surface area contributed by atoms with Crippen molar-refractivity contribution in [2.24, 2.45) is 5.92 Å². The van der Waals surface area contributed by atoms with Gasteiger partial charge >= 0.3 is 12.1 Å². The largest absolute Gasteiger partial charge is 0.480 e.